The van der Waals surface area contributed by atoms with Crippen LogP contribution in [0.15, 0.2) is 24.3 Å². The molecular formula is C21H33F3N4O3. The summed E-state index contributed by atoms with van der Waals surface area (Å²) in [5, 5.41) is 8.48. The van der Waals surface area contributed by atoms with Crippen molar-refractivity contribution in [3.8, 4) is 0 Å². The number of nitrogens with zero attached hydrogens (tertiary/aromatic N) is 3. The SMILES string of the molecule is CCCCCCN(N)C(=O)c1ccc(CN2CCN(C)CC2)cc1.O=C(O)C(F)(F)F. The summed E-state index contributed by atoms with van der Waals surface area (Å²) in [5.74, 6) is 3.06. The fourth-order valence-corrected chi connectivity index (χ4v) is 2.99. The molecule has 10 heteroatoms. The number of halogens is 3. The molecule has 0 spiro atoms. The number of carboxylic acid groups (broad SMARTS) is 1. The lowest BCUT2D eigenvalue weighted by atomic mass is 10.1. The average molecular weight is 447 g/mol. The second-order valence-electron chi connectivity index (χ2n) is 7.64. The maximum absolute atomic E-state index is 12.3. The number of aliphatic carboxylic acids is 1. The molecule has 7 nitrogen and oxygen atoms in total. The monoisotopic (exact) mass is 446 g/mol. The highest BCUT2D eigenvalue weighted by atomic mass is 19.4. The lowest BCUT2D eigenvalue weighted by Crippen LogP contribution is -2.43. The summed E-state index contributed by atoms with van der Waals surface area (Å²) in [4.78, 5) is 26.0. The fourth-order valence-electron chi connectivity index (χ4n) is 2.99. The minimum Gasteiger partial charge on any atom is -0.475 e. The molecule has 0 saturated carbocycles. The van der Waals surface area contributed by atoms with Crippen molar-refractivity contribution >= 4 is 11.9 Å². The highest BCUT2D eigenvalue weighted by molar-refractivity contribution is 5.93. The normalized spacial score (nSPS) is 15.2. The topological polar surface area (TPSA) is 90.1 Å². The molecule has 0 bridgehead atoms. The predicted octanol–water partition coefficient (Wildman–Crippen LogP) is 2.96. The number of alkyl halides is 3. The van der Waals surface area contributed by atoms with Gasteiger partial charge < -0.3 is 10.0 Å². The Morgan fingerprint density at radius 2 is 1.61 bits per heavy atom. The molecule has 1 aliphatic rings. The Labute approximate surface area is 181 Å². The van der Waals surface area contributed by atoms with Crippen LogP contribution < -0.4 is 5.84 Å². The van der Waals surface area contributed by atoms with Gasteiger partial charge in [0.05, 0.1) is 0 Å². The van der Waals surface area contributed by atoms with Crippen molar-refractivity contribution in [2.24, 2.45) is 5.84 Å². The van der Waals surface area contributed by atoms with Crippen molar-refractivity contribution in [2.45, 2.75) is 45.3 Å². The zero-order valence-corrected chi connectivity index (χ0v) is 18.2. The first-order chi connectivity index (χ1) is 14.5. The highest BCUT2D eigenvalue weighted by Crippen LogP contribution is 2.13. The van der Waals surface area contributed by atoms with Gasteiger partial charge in [-0.25, -0.2) is 10.6 Å². The number of unbranched alkanes of at least 4 members (excludes halogenated alkanes) is 3. The van der Waals surface area contributed by atoms with Crippen molar-refractivity contribution in [1.82, 2.24) is 14.8 Å². The number of hydrogen-bond donors (Lipinski definition) is 2. The number of carbonyl (C=O) groups excluding carboxylic acids is 1. The zero-order chi connectivity index (χ0) is 23.4. The number of hydrogen-bond acceptors (Lipinski definition) is 5. The van der Waals surface area contributed by atoms with E-state index >= 15 is 0 Å². The summed E-state index contributed by atoms with van der Waals surface area (Å²) in [6, 6.07) is 7.91. The van der Waals surface area contributed by atoms with E-state index < -0.39 is 12.1 Å². The highest BCUT2D eigenvalue weighted by Gasteiger charge is 2.38. The van der Waals surface area contributed by atoms with E-state index in [-0.39, 0.29) is 5.91 Å². The largest absolute Gasteiger partial charge is 0.490 e. The zero-order valence-electron chi connectivity index (χ0n) is 18.2. The predicted molar refractivity (Wildman–Crippen MR) is 112 cm³/mol. The third-order valence-electron chi connectivity index (χ3n) is 4.96. The van der Waals surface area contributed by atoms with Crippen LogP contribution in [0.25, 0.3) is 0 Å². The van der Waals surface area contributed by atoms with Crippen LogP contribution in [0.1, 0.15) is 48.5 Å². The van der Waals surface area contributed by atoms with Gasteiger partial charge in [0, 0.05) is 44.8 Å². The van der Waals surface area contributed by atoms with Crippen molar-refractivity contribution in [3.63, 3.8) is 0 Å². The molecule has 1 aliphatic heterocycles. The van der Waals surface area contributed by atoms with Gasteiger partial charge in [-0.3, -0.25) is 14.7 Å². The van der Waals surface area contributed by atoms with Crippen LogP contribution in [0, 0.1) is 0 Å². The second-order valence-corrected chi connectivity index (χ2v) is 7.64. The molecule has 0 aliphatic carbocycles. The van der Waals surface area contributed by atoms with Crippen molar-refractivity contribution < 1.29 is 27.9 Å². The maximum Gasteiger partial charge on any atom is 0.490 e. The van der Waals surface area contributed by atoms with E-state index in [0.717, 1.165) is 45.6 Å². The van der Waals surface area contributed by atoms with E-state index in [9.17, 15) is 18.0 Å². The summed E-state index contributed by atoms with van der Waals surface area (Å²) >= 11 is 0. The molecule has 1 aromatic carbocycles. The fraction of sp³-hybridized carbons (Fsp3) is 0.619. The summed E-state index contributed by atoms with van der Waals surface area (Å²) in [5.41, 5.74) is 1.93. The lowest BCUT2D eigenvalue weighted by Gasteiger charge is -2.32. The minimum absolute atomic E-state index is 0.0855. The molecule has 0 unspecified atom stereocenters. The van der Waals surface area contributed by atoms with E-state index in [0.29, 0.717) is 12.1 Å². The average Bonchev–Trinajstić information content (AvgIpc) is 2.72. The molecule has 176 valence electrons. The summed E-state index contributed by atoms with van der Waals surface area (Å²) in [6.07, 6.45) is -0.602. The molecule has 2 rings (SSSR count). The standard InChI is InChI=1S/C19H32N4O.C2HF3O2/c1-3-4-5-6-11-23(20)19(24)18-9-7-17(8-10-18)16-22-14-12-21(2)13-15-22;3-2(4,5)1(6)7/h7-10H,3-6,11-16,20H2,1-2H3;(H,6,7). The Balaban J connectivity index is 0.000000592. The Hall–Kier alpha value is -2.17. The van der Waals surface area contributed by atoms with Crippen molar-refractivity contribution in [2.75, 3.05) is 39.8 Å². The van der Waals surface area contributed by atoms with Gasteiger partial charge in [-0.05, 0) is 31.2 Å². The molecule has 1 heterocycles. The molecule has 1 amide bonds. The summed E-state index contributed by atoms with van der Waals surface area (Å²) in [6.45, 7) is 8.20. The first-order valence-electron chi connectivity index (χ1n) is 10.4. The van der Waals surface area contributed by atoms with E-state index in [1.807, 2.05) is 12.1 Å². The molecule has 31 heavy (non-hydrogen) atoms. The number of benzene rings is 1. The third kappa shape index (κ3) is 10.6. The lowest BCUT2D eigenvalue weighted by molar-refractivity contribution is -0.192. The van der Waals surface area contributed by atoms with Crippen LogP contribution in [-0.4, -0.2) is 77.7 Å². The van der Waals surface area contributed by atoms with Crippen LogP contribution in [-0.2, 0) is 11.3 Å². The molecule has 1 fully saturated rings. The maximum atomic E-state index is 12.3. The van der Waals surface area contributed by atoms with Gasteiger partial charge in [0.25, 0.3) is 5.91 Å². The van der Waals surface area contributed by atoms with Gasteiger partial charge in [-0.1, -0.05) is 38.3 Å². The number of carboxylic acids is 1. The van der Waals surface area contributed by atoms with E-state index in [1.165, 1.54) is 23.4 Å². The van der Waals surface area contributed by atoms with Gasteiger partial charge in [0.1, 0.15) is 0 Å². The Bertz CT molecular complexity index is 675. The molecule has 0 atom stereocenters. The molecular weight excluding hydrogens is 413 g/mol. The number of hydrazine groups is 1. The summed E-state index contributed by atoms with van der Waals surface area (Å²) < 4.78 is 31.7. The Kier molecular flexibility index (Phi) is 11.5. The summed E-state index contributed by atoms with van der Waals surface area (Å²) in [7, 11) is 2.17. The number of rotatable bonds is 8. The first kappa shape index (κ1) is 26.9. The number of amides is 1. The van der Waals surface area contributed by atoms with Crippen molar-refractivity contribution in [1.29, 1.82) is 0 Å². The van der Waals surface area contributed by atoms with Crippen LogP contribution in [0.5, 0.6) is 0 Å². The number of nitrogens with two attached hydrogens (primary N) is 1. The van der Waals surface area contributed by atoms with Crippen LogP contribution in [0.2, 0.25) is 0 Å². The van der Waals surface area contributed by atoms with Crippen LogP contribution >= 0.6 is 0 Å². The van der Waals surface area contributed by atoms with Crippen molar-refractivity contribution in [3.05, 3.63) is 35.4 Å². The Morgan fingerprint density at radius 1 is 1.06 bits per heavy atom. The van der Waals surface area contributed by atoms with Gasteiger partial charge in [0.15, 0.2) is 0 Å². The Morgan fingerprint density at radius 3 is 2.10 bits per heavy atom. The van der Waals surface area contributed by atoms with Gasteiger partial charge >= 0.3 is 12.1 Å². The molecule has 1 aromatic rings. The van der Waals surface area contributed by atoms with E-state index in [2.05, 4.69) is 35.9 Å². The molecule has 3 N–H and O–H groups in total. The number of carbonyl (C=O) groups is 2. The molecule has 0 radical (unpaired) electrons. The second kappa shape index (κ2) is 13.3. The first-order valence-corrected chi connectivity index (χ1v) is 10.4. The van der Waals surface area contributed by atoms with Gasteiger partial charge in [-0.2, -0.15) is 13.2 Å². The third-order valence-corrected chi connectivity index (χ3v) is 4.96. The number of likely N-dealkylation sites (N-methyl/N-ethyl adjacent to an activating group) is 1. The molecule has 1 saturated heterocycles. The molecule has 0 aromatic heterocycles. The smallest absolute Gasteiger partial charge is 0.475 e. The van der Waals surface area contributed by atoms with E-state index in [4.69, 9.17) is 15.7 Å². The van der Waals surface area contributed by atoms with Gasteiger partial charge in [-0.15, -0.1) is 0 Å². The van der Waals surface area contributed by atoms with Gasteiger partial charge in [0.2, 0.25) is 0 Å². The quantitative estimate of drug-likeness (QED) is 0.276. The van der Waals surface area contributed by atoms with Crippen LogP contribution in [0.3, 0.4) is 0 Å². The van der Waals surface area contributed by atoms with Crippen LogP contribution in [0.4, 0.5) is 13.2 Å². The number of piperazine rings is 1. The minimum atomic E-state index is -5.08. The van der Waals surface area contributed by atoms with E-state index in [1.54, 1.807) is 0 Å².